The summed E-state index contributed by atoms with van der Waals surface area (Å²) in [5.41, 5.74) is 8.23. The van der Waals surface area contributed by atoms with Crippen molar-refractivity contribution in [2.24, 2.45) is 11.7 Å². The fourth-order valence-electron chi connectivity index (χ4n) is 2.76. The van der Waals surface area contributed by atoms with Crippen molar-refractivity contribution in [1.82, 2.24) is 0 Å². The predicted octanol–water partition coefficient (Wildman–Crippen LogP) is 1.82. The molecule has 0 saturated carbocycles. The third-order valence-corrected chi connectivity index (χ3v) is 3.89. The van der Waals surface area contributed by atoms with Crippen LogP contribution in [0.3, 0.4) is 0 Å². The van der Waals surface area contributed by atoms with Crippen LogP contribution in [0, 0.1) is 12.8 Å². The number of nitrogens with two attached hydrogens (primary N) is 1. The Labute approximate surface area is 109 Å². The number of hydrogen-bond acceptors (Lipinski definition) is 3. The third-order valence-electron chi connectivity index (χ3n) is 3.89. The fourth-order valence-corrected chi connectivity index (χ4v) is 2.76. The molecule has 0 aliphatic carbocycles. The first-order chi connectivity index (χ1) is 8.72. The lowest BCUT2D eigenvalue weighted by molar-refractivity contribution is -0.00194. The number of aryl methyl sites for hydroxylation is 1. The van der Waals surface area contributed by atoms with E-state index in [1.54, 1.807) is 0 Å². The Balaban J connectivity index is 2.11. The minimum Gasteiger partial charge on any atom is -0.392 e. The van der Waals surface area contributed by atoms with Gasteiger partial charge < -0.3 is 15.6 Å². The minimum atomic E-state index is -0.360. The fraction of sp³-hybridized carbons (Fsp3) is 0.600. The van der Waals surface area contributed by atoms with E-state index in [2.05, 4.69) is 25.1 Å². The highest BCUT2D eigenvalue weighted by Crippen LogP contribution is 2.29. The van der Waals surface area contributed by atoms with E-state index in [1.807, 2.05) is 6.07 Å². The second-order valence-electron chi connectivity index (χ2n) is 5.20. The van der Waals surface area contributed by atoms with Gasteiger partial charge in [0, 0.05) is 25.7 Å². The van der Waals surface area contributed by atoms with Gasteiger partial charge in [-0.3, -0.25) is 0 Å². The summed E-state index contributed by atoms with van der Waals surface area (Å²) in [6, 6.07) is 8.29. The van der Waals surface area contributed by atoms with Crippen LogP contribution in [0.2, 0.25) is 0 Å². The molecule has 1 aliphatic heterocycles. The van der Waals surface area contributed by atoms with Crippen molar-refractivity contribution in [3.8, 4) is 0 Å². The Morgan fingerprint density at radius 3 is 2.72 bits per heavy atom. The molecule has 0 spiro atoms. The molecule has 3 N–H and O–H groups in total. The van der Waals surface area contributed by atoms with Gasteiger partial charge in [-0.25, -0.2) is 0 Å². The van der Waals surface area contributed by atoms with Gasteiger partial charge in [-0.2, -0.15) is 0 Å². The molecule has 2 atom stereocenters. The standard InChI is InChI=1S/C15H23NO2/c1-11-3-2-4-13(9-11)14(10-16)15(17)12-5-7-18-8-6-12/h2-4,9,12,14-15,17H,5-8,10,16H2,1H3. The molecule has 0 bridgehead atoms. The second-order valence-corrected chi connectivity index (χ2v) is 5.20. The van der Waals surface area contributed by atoms with Crippen molar-refractivity contribution in [1.29, 1.82) is 0 Å². The van der Waals surface area contributed by atoms with Gasteiger partial charge in [0.1, 0.15) is 0 Å². The molecule has 100 valence electrons. The number of ether oxygens (including phenoxy) is 1. The highest BCUT2D eigenvalue weighted by molar-refractivity contribution is 5.26. The highest BCUT2D eigenvalue weighted by atomic mass is 16.5. The Morgan fingerprint density at radius 1 is 1.39 bits per heavy atom. The molecule has 3 nitrogen and oxygen atoms in total. The van der Waals surface area contributed by atoms with Gasteiger partial charge in [0.15, 0.2) is 0 Å². The molecule has 1 aliphatic rings. The molecule has 1 fully saturated rings. The van der Waals surface area contributed by atoms with E-state index in [-0.39, 0.29) is 12.0 Å². The minimum absolute atomic E-state index is 0.0352. The van der Waals surface area contributed by atoms with Crippen LogP contribution in [0.25, 0.3) is 0 Å². The van der Waals surface area contributed by atoms with Gasteiger partial charge in [0.2, 0.25) is 0 Å². The smallest absolute Gasteiger partial charge is 0.0650 e. The van der Waals surface area contributed by atoms with Crippen LogP contribution in [0.1, 0.15) is 29.9 Å². The maximum atomic E-state index is 10.5. The summed E-state index contributed by atoms with van der Waals surface area (Å²) >= 11 is 0. The molecular formula is C15H23NO2. The first-order valence-electron chi connectivity index (χ1n) is 6.75. The SMILES string of the molecule is Cc1cccc(C(CN)C(O)C2CCOCC2)c1. The lowest BCUT2D eigenvalue weighted by Gasteiger charge is -2.32. The third kappa shape index (κ3) is 3.10. The Bertz CT molecular complexity index is 375. The summed E-state index contributed by atoms with van der Waals surface area (Å²) in [6.45, 7) is 4.07. The monoisotopic (exact) mass is 249 g/mol. The van der Waals surface area contributed by atoms with Crippen LogP contribution in [-0.2, 0) is 4.74 Å². The molecule has 1 heterocycles. The maximum Gasteiger partial charge on any atom is 0.0650 e. The van der Waals surface area contributed by atoms with Crippen molar-refractivity contribution < 1.29 is 9.84 Å². The Morgan fingerprint density at radius 2 is 2.11 bits per heavy atom. The molecule has 1 aromatic carbocycles. The molecule has 3 heteroatoms. The highest BCUT2D eigenvalue weighted by Gasteiger charge is 2.29. The summed E-state index contributed by atoms with van der Waals surface area (Å²) in [7, 11) is 0. The zero-order valence-electron chi connectivity index (χ0n) is 11.0. The first-order valence-corrected chi connectivity index (χ1v) is 6.75. The maximum absolute atomic E-state index is 10.5. The van der Waals surface area contributed by atoms with Gasteiger partial charge in [-0.1, -0.05) is 29.8 Å². The van der Waals surface area contributed by atoms with E-state index in [4.69, 9.17) is 10.5 Å². The molecule has 0 amide bonds. The number of aliphatic hydroxyl groups excluding tert-OH is 1. The van der Waals surface area contributed by atoms with Crippen molar-refractivity contribution in [2.45, 2.75) is 31.8 Å². The quantitative estimate of drug-likeness (QED) is 0.856. The van der Waals surface area contributed by atoms with Crippen molar-refractivity contribution in [3.63, 3.8) is 0 Å². The molecular weight excluding hydrogens is 226 g/mol. The van der Waals surface area contributed by atoms with E-state index in [0.29, 0.717) is 12.5 Å². The lowest BCUT2D eigenvalue weighted by atomic mass is 9.82. The summed E-state index contributed by atoms with van der Waals surface area (Å²) in [6.07, 6.45) is 1.51. The summed E-state index contributed by atoms with van der Waals surface area (Å²) in [4.78, 5) is 0. The summed E-state index contributed by atoms with van der Waals surface area (Å²) in [5, 5.41) is 10.5. The normalized spacial score (nSPS) is 20.6. The van der Waals surface area contributed by atoms with Gasteiger partial charge in [0.05, 0.1) is 6.10 Å². The van der Waals surface area contributed by atoms with Gasteiger partial charge in [-0.15, -0.1) is 0 Å². The Hall–Kier alpha value is -0.900. The molecule has 2 rings (SSSR count). The van der Waals surface area contributed by atoms with Crippen molar-refractivity contribution >= 4 is 0 Å². The van der Waals surface area contributed by atoms with E-state index >= 15 is 0 Å². The second kappa shape index (κ2) is 6.32. The van der Waals surface area contributed by atoms with Gasteiger partial charge in [0.25, 0.3) is 0 Å². The number of hydrogen-bond donors (Lipinski definition) is 2. The van der Waals surface area contributed by atoms with Crippen molar-refractivity contribution in [3.05, 3.63) is 35.4 Å². The number of aliphatic hydroxyl groups is 1. The van der Waals surface area contributed by atoms with Gasteiger partial charge >= 0.3 is 0 Å². The molecule has 1 saturated heterocycles. The van der Waals surface area contributed by atoms with E-state index in [1.165, 1.54) is 5.56 Å². The molecule has 2 unspecified atom stereocenters. The van der Waals surface area contributed by atoms with E-state index < -0.39 is 0 Å². The Kier molecular flexibility index (Phi) is 4.75. The zero-order valence-corrected chi connectivity index (χ0v) is 11.0. The first kappa shape index (κ1) is 13.5. The van der Waals surface area contributed by atoms with Crippen LogP contribution >= 0.6 is 0 Å². The largest absolute Gasteiger partial charge is 0.392 e. The molecule has 1 aromatic rings. The van der Waals surface area contributed by atoms with Crippen LogP contribution < -0.4 is 5.73 Å². The summed E-state index contributed by atoms with van der Waals surface area (Å²) < 4.78 is 5.35. The van der Waals surface area contributed by atoms with Crippen LogP contribution in [0.15, 0.2) is 24.3 Å². The zero-order chi connectivity index (χ0) is 13.0. The van der Waals surface area contributed by atoms with Gasteiger partial charge in [-0.05, 0) is 31.2 Å². The summed E-state index contributed by atoms with van der Waals surface area (Å²) in [5.74, 6) is 0.348. The van der Waals surface area contributed by atoms with Crippen LogP contribution in [-0.4, -0.2) is 31.0 Å². The average Bonchev–Trinajstić information content (AvgIpc) is 2.40. The van der Waals surface area contributed by atoms with E-state index in [9.17, 15) is 5.11 Å². The molecule has 18 heavy (non-hydrogen) atoms. The van der Waals surface area contributed by atoms with Crippen LogP contribution in [0.5, 0.6) is 0 Å². The number of benzene rings is 1. The molecule has 0 radical (unpaired) electrons. The van der Waals surface area contributed by atoms with Crippen LogP contribution in [0.4, 0.5) is 0 Å². The van der Waals surface area contributed by atoms with Crippen molar-refractivity contribution in [2.75, 3.05) is 19.8 Å². The van der Waals surface area contributed by atoms with E-state index in [0.717, 1.165) is 31.6 Å². The average molecular weight is 249 g/mol. The topological polar surface area (TPSA) is 55.5 Å². The number of rotatable bonds is 4. The predicted molar refractivity (Wildman–Crippen MR) is 72.5 cm³/mol. The lowest BCUT2D eigenvalue weighted by Crippen LogP contribution is -2.35. The molecule has 0 aromatic heterocycles.